The largest absolute Gasteiger partial charge is 0.497 e. The van der Waals surface area contributed by atoms with Crippen LogP contribution in [0.25, 0.3) is 0 Å². The Morgan fingerprint density at radius 2 is 1.71 bits per heavy atom. The first-order valence-corrected chi connectivity index (χ1v) is 13.1. The number of likely N-dealkylation sites (tertiary alicyclic amines) is 1. The highest BCUT2D eigenvalue weighted by Gasteiger charge is 2.56. The summed E-state index contributed by atoms with van der Waals surface area (Å²) in [6.45, 7) is -0.954. The SMILES string of the molecule is COc1ccc(NC(=O)COc2ccc([C@@H]3c4sc(=O)[nH]c4SC4C(=O)N(CC(=O)O)C(=O)C43)cc2)cc1. The van der Waals surface area contributed by atoms with Crippen molar-refractivity contribution in [1.82, 2.24) is 9.88 Å². The molecule has 3 amide bonds. The van der Waals surface area contributed by atoms with Gasteiger partial charge in [-0.05, 0) is 42.0 Å². The summed E-state index contributed by atoms with van der Waals surface area (Å²) in [5.74, 6) is -3.21. The Kier molecular flexibility index (Phi) is 6.95. The second-order valence-electron chi connectivity index (χ2n) is 8.54. The molecule has 196 valence electrons. The smallest absolute Gasteiger partial charge is 0.323 e. The number of amides is 3. The van der Waals surface area contributed by atoms with Crippen molar-refractivity contribution in [3.05, 3.63) is 68.6 Å². The number of thioether (sulfide) groups is 1. The Morgan fingerprint density at radius 1 is 1.03 bits per heavy atom. The van der Waals surface area contributed by atoms with E-state index in [2.05, 4.69) is 10.3 Å². The molecule has 0 bridgehead atoms. The third-order valence-electron chi connectivity index (χ3n) is 6.19. The van der Waals surface area contributed by atoms with Crippen LogP contribution in [0, 0.1) is 5.92 Å². The van der Waals surface area contributed by atoms with Crippen LogP contribution >= 0.6 is 23.1 Å². The zero-order chi connectivity index (χ0) is 27.0. The molecule has 5 rings (SSSR count). The molecule has 2 aliphatic heterocycles. The molecule has 1 aromatic heterocycles. The summed E-state index contributed by atoms with van der Waals surface area (Å²) in [4.78, 5) is 65.5. The predicted molar refractivity (Wildman–Crippen MR) is 138 cm³/mol. The van der Waals surface area contributed by atoms with Crippen LogP contribution in [-0.2, 0) is 19.2 Å². The Morgan fingerprint density at radius 3 is 2.37 bits per heavy atom. The number of carbonyl (C=O) groups is 4. The number of thiazole rings is 1. The van der Waals surface area contributed by atoms with Crippen molar-refractivity contribution in [3.8, 4) is 11.5 Å². The van der Waals surface area contributed by atoms with Gasteiger partial charge >= 0.3 is 10.8 Å². The summed E-state index contributed by atoms with van der Waals surface area (Å²) in [5, 5.41) is 11.6. The van der Waals surface area contributed by atoms with Crippen LogP contribution in [0.4, 0.5) is 5.69 Å². The number of aliphatic carboxylic acids is 1. The van der Waals surface area contributed by atoms with E-state index in [0.29, 0.717) is 32.7 Å². The van der Waals surface area contributed by atoms with E-state index >= 15 is 0 Å². The predicted octanol–water partition coefficient (Wildman–Crippen LogP) is 2.14. The van der Waals surface area contributed by atoms with Gasteiger partial charge in [0.25, 0.3) is 5.91 Å². The number of hydrogen-bond donors (Lipinski definition) is 3. The molecule has 11 nitrogen and oxygen atoms in total. The number of aromatic nitrogens is 1. The number of fused-ring (bicyclic) bond motifs is 2. The quantitative estimate of drug-likeness (QED) is 0.355. The van der Waals surface area contributed by atoms with Crippen LogP contribution in [0.15, 0.2) is 58.4 Å². The molecule has 13 heteroatoms. The zero-order valence-electron chi connectivity index (χ0n) is 19.8. The van der Waals surface area contributed by atoms with Crippen molar-refractivity contribution in [1.29, 1.82) is 0 Å². The lowest BCUT2D eigenvalue weighted by Crippen LogP contribution is -2.36. The van der Waals surface area contributed by atoms with Gasteiger partial charge in [0.2, 0.25) is 11.8 Å². The van der Waals surface area contributed by atoms with Crippen molar-refractivity contribution in [2.24, 2.45) is 5.92 Å². The van der Waals surface area contributed by atoms with Gasteiger partial charge in [0.15, 0.2) is 6.61 Å². The molecule has 2 unspecified atom stereocenters. The number of nitrogens with one attached hydrogen (secondary N) is 2. The maximum absolute atomic E-state index is 13.2. The summed E-state index contributed by atoms with van der Waals surface area (Å²) >= 11 is 2.04. The van der Waals surface area contributed by atoms with Crippen molar-refractivity contribution in [2.75, 3.05) is 25.6 Å². The molecule has 3 aromatic rings. The van der Waals surface area contributed by atoms with E-state index in [0.717, 1.165) is 28.0 Å². The van der Waals surface area contributed by atoms with Gasteiger partial charge < -0.3 is 24.9 Å². The number of nitrogens with zero attached hydrogens (tertiary/aromatic N) is 1. The van der Waals surface area contributed by atoms with Crippen LogP contribution in [0.3, 0.4) is 0 Å². The van der Waals surface area contributed by atoms with Crippen LogP contribution in [0.5, 0.6) is 11.5 Å². The van der Waals surface area contributed by atoms with Gasteiger partial charge in [-0.1, -0.05) is 35.2 Å². The number of carboxylic acids is 1. The summed E-state index contributed by atoms with van der Waals surface area (Å²) in [6, 6.07) is 13.5. The summed E-state index contributed by atoms with van der Waals surface area (Å²) in [5.41, 5.74) is 1.25. The maximum atomic E-state index is 13.2. The molecule has 0 spiro atoms. The molecule has 1 saturated heterocycles. The second-order valence-corrected chi connectivity index (χ2v) is 10.7. The Bertz CT molecular complexity index is 1460. The summed E-state index contributed by atoms with van der Waals surface area (Å²) < 4.78 is 10.7. The van der Waals surface area contributed by atoms with E-state index in [-0.39, 0.29) is 17.4 Å². The number of carbonyl (C=O) groups excluding carboxylic acids is 3. The highest BCUT2D eigenvalue weighted by atomic mass is 32.2. The second kappa shape index (κ2) is 10.3. The number of ether oxygens (including phenoxy) is 2. The number of carboxylic acid groups (broad SMARTS) is 1. The molecule has 0 saturated carbocycles. The first kappa shape index (κ1) is 25.5. The number of methoxy groups -OCH3 is 1. The monoisotopic (exact) mass is 555 g/mol. The van der Waals surface area contributed by atoms with Gasteiger partial charge in [0.1, 0.15) is 23.3 Å². The highest BCUT2D eigenvalue weighted by molar-refractivity contribution is 8.00. The third-order valence-corrected chi connectivity index (χ3v) is 8.59. The molecular weight excluding hydrogens is 534 g/mol. The summed E-state index contributed by atoms with van der Waals surface area (Å²) in [7, 11) is 1.55. The number of hydrogen-bond acceptors (Lipinski definition) is 9. The fourth-order valence-electron chi connectivity index (χ4n) is 4.52. The average Bonchev–Trinajstić information content (AvgIpc) is 3.38. The van der Waals surface area contributed by atoms with Gasteiger partial charge in [-0.3, -0.25) is 28.9 Å². The third kappa shape index (κ3) is 4.89. The van der Waals surface area contributed by atoms with Gasteiger partial charge in [-0.25, -0.2) is 0 Å². The molecule has 3 heterocycles. The van der Waals surface area contributed by atoms with E-state index < -0.39 is 41.4 Å². The minimum atomic E-state index is -1.28. The number of aromatic amines is 1. The number of H-pyrrole nitrogens is 1. The molecule has 0 aliphatic carbocycles. The molecule has 1 fully saturated rings. The number of anilines is 1. The van der Waals surface area contributed by atoms with Crippen molar-refractivity contribution >= 4 is 52.5 Å². The first-order chi connectivity index (χ1) is 18.2. The first-order valence-electron chi connectivity index (χ1n) is 11.4. The Hall–Kier alpha value is -4.10. The van der Waals surface area contributed by atoms with Crippen LogP contribution < -0.4 is 19.7 Å². The minimum Gasteiger partial charge on any atom is -0.497 e. The van der Waals surface area contributed by atoms with Crippen molar-refractivity contribution in [2.45, 2.75) is 16.2 Å². The zero-order valence-corrected chi connectivity index (χ0v) is 21.5. The molecule has 2 aliphatic rings. The van der Waals surface area contributed by atoms with E-state index in [9.17, 15) is 29.1 Å². The van der Waals surface area contributed by atoms with Crippen LogP contribution in [0.1, 0.15) is 16.4 Å². The summed E-state index contributed by atoms with van der Waals surface area (Å²) in [6.07, 6.45) is 0. The van der Waals surface area contributed by atoms with E-state index in [1.165, 1.54) is 0 Å². The van der Waals surface area contributed by atoms with Gasteiger partial charge in [0.05, 0.1) is 18.1 Å². The van der Waals surface area contributed by atoms with Crippen LogP contribution in [0.2, 0.25) is 0 Å². The lowest BCUT2D eigenvalue weighted by atomic mass is 9.83. The number of imide groups is 1. The molecule has 2 aromatic carbocycles. The molecule has 3 atom stereocenters. The number of rotatable bonds is 8. The molecule has 0 radical (unpaired) electrons. The van der Waals surface area contributed by atoms with E-state index in [1.807, 2.05) is 0 Å². The average molecular weight is 556 g/mol. The normalized spacial score (nSPS) is 20.0. The van der Waals surface area contributed by atoms with E-state index in [4.69, 9.17) is 9.47 Å². The van der Waals surface area contributed by atoms with Gasteiger partial charge in [-0.15, -0.1) is 0 Å². The molecule has 38 heavy (non-hydrogen) atoms. The van der Waals surface area contributed by atoms with Crippen molar-refractivity contribution < 1.29 is 33.8 Å². The minimum absolute atomic E-state index is 0.239. The topological polar surface area (TPSA) is 155 Å². The van der Waals surface area contributed by atoms with Crippen LogP contribution in [-0.4, -0.2) is 64.2 Å². The highest BCUT2D eigenvalue weighted by Crippen LogP contribution is 2.52. The fraction of sp³-hybridized carbons (Fsp3) is 0.240. The molecule has 3 N–H and O–H groups in total. The maximum Gasteiger partial charge on any atom is 0.323 e. The number of benzene rings is 2. The lowest BCUT2D eigenvalue weighted by molar-refractivity contribution is -0.149. The fourth-order valence-corrected chi connectivity index (χ4v) is 7.05. The Balaban J connectivity index is 1.33. The van der Waals surface area contributed by atoms with Gasteiger partial charge in [0, 0.05) is 16.5 Å². The van der Waals surface area contributed by atoms with Gasteiger partial charge in [-0.2, -0.15) is 0 Å². The lowest BCUT2D eigenvalue weighted by Gasteiger charge is -2.29. The standard InChI is InChI=1S/C25H21N3O8S2/c1-35-14-8-4-13(5-9-14)26-16(29)11-36-15-6-2-12(3-7-15)18-19-21(37-22-20(18)38-25(34)27-22)24(33)28(23(19)32)10-17(30)31/h2-9,18-19,21H,10-11H2,1H3,(H,26,29)(H,27,34)(H,30,31)/t18-,19?,21?/m0/s1. The van der Waals surface area contributed by atoms with Crippen molar-refractivity contribution in [3.63, 3.8) is 0 Å². The Labute approximate surface area is 223 Å². The van der Waals surface area contributed by atoms with E-state index in [1.54, 1.807) is 55.6 Å². The molecular formula is C25H21N3O8S2.